The molecule has 1 aliphatic rings. The molecule has 1 N–H and O–H groups in total. The van der Waals surface area contributed by atoms with E-state index in [2.05, 4.69) is 15.5 Å². The third kappa shape index (κ3) is 3.61. The second-order valence-corrected chi connectivity index (χ2v) is 6.01. The first-order valence-corrected chi connectivity index (χ1v) is 8.00. The van der Waals surface area contributed by atoms with E-state index in [9.17, 15) is 9.59 Å². The van der Waals surface area contributed by atoms with Gasteiger partial charge in [0.2, 0.25) is 5.89 Å². The molecule has 1 fully saturated rings. The Bertz CT molecular complexity index is 748. The van der Waals surface area contributed by atoms with Crippen LogP contribution in [0.4, 0.5) is 10.5 Å². The topological polar surface area (TPSA) is 88.3 Å². The molecule has 0 atom stereocenters. The summed E-state index contributed by atoms with van der Waals surface area (Å²) in [4.78, 5) is 29.8. The van der Waals surface area contributed by atoms with E-state index in [1.165, 1.54) is 6.92 Å². The van der Waals surface area contributed by atoms with Gasteiger partial charge in [0.1, 0.15) is 0 Å². The number of urea groups is 1. The molecule has 2 heterocycles. The molecule has 0 aliphatic carbocycles. The summed E-state index contributed by atoms with van der Waals surface area (Å²) in [5, 5.41) is 6.67. The molecule has 0 spiro atoms. The fourth-order valence-corrected chi connectivity index (χ4v) is 2.83. The molecule has 3 rings (SSSR count). The summed E-state index contributed by atoms with van der Waals surface area (Å²) >= 11 is 0. The standard InChI is InChI=1S/C17H20N4O3/c1-11(22)14-4-3-5-15(10-14)19-17(23)21-8-6-13(7-9-21)16-18-12(2)20-24-16/h3-5,10,13H,6-9H2,1-2H3,(H,19,23). The van der Waals surface area contributed by atoms with Gasteiger partial charge in [0.15, 0.2) is 11.6 Å². The van der Waals surface area contributed by atoms with Gasteiger partial charge >= 0.3 is 6.03 Å². The van der Waals surface area contributed by atoms with Gasteiger partial charge in [0, 0.05) is 30.3 Å². The maximum atomic E-state index is 12.4. The number of hydrogen-bond donors (Lipinski definition) is 1. The highest BCUT2D eigenvalue weighted by molar-refractivity contribution is 5.96. The van der Waals surface area contributed by atoms with Crippen LogP contribution in [0.5, 0.6) is 0 Å². The summed E-state index contributed by atoms with van der Waals surface area (Å²) in [7, 11) is 0. The van der Waals surface area contributed by atoms with Gasteiger partial charge in [0.25, 0.3) is 0 Å². The Hall–Kier alpha value is -2.70. The van der Waals surface area contributed by atoms with Crippen molar-refractivity contribution in [3.05, 3.63) is 41.5 Å². The number of nitrogens with one attached hydrogen (secondary N) is 1. The second-order valence-electron chi connectivity index (χ2n) is 6.01. The maximum Gasteiger partial charge on any atom is 0.321 e. The van der Waals surface area contributed by atoms with Gasteiger partial charge in [0.05, 0.1) is 0 Å². The molecule has 1 aromatic carbocycles. The highest BCUT2D eigenvalue weighted by atomic mass is 16.5. The molecule has 0 unspecified atom stereocenters. The summed E-state index contributed by atoms with van der Waals surface area (Å²) < 4.78 is 5.22. The zero-order valence-corrected chi connectivity index (χ0v) is 13.8. The monoisotopic (exact) mass is 328 g/mol. The Morgan fingerprint density at radius 3 is 2.67 bits per heavy atom. The van der Waals surface area contributed by atoms with Crippen molar-refractivity contribution in [1.82, 2.24) is 15.0 Å². The van der Waals surface area contributed by atoms with Crippen molar-refractivity contribution in [2.24, 2.45) is 0 Å². The summed E-state index contributed by atoms with van der Waals surface area (Å²) in [6, 6.07) is 6.80. The molecule has 2 amide bonds. The minimum atomic E-state index is -0.157. The van der Waals surface area contributed by atoms with Crippen molar-refractivity contribution in [3.8, 4) is 0 Å². The molecule has 24 heavy (non-hydrogen) atoms. The zero-order valence-electron chi connectivity index (χ0n) is 13.8. The highest BCUT2D eigenvalue weighted by Gasteiger charge is 2.27. The van der Waals surface area contributed by atoms with Crippen LogP contribution in [0.2, 0.25) is 0 Å². The number of aryl methyl sites for hydroxylation is 1. The Morgan fingerprint density at radius 1 is 1.29 bits per heavy atom. The van der Waals surface area contributed by atoms with Crippen molar-refractivity contribution in [3.63, 3.8) is 0 Å². The third-order valence-corrected chi connectivity index (χ3v) is 4.20. The lowest BCUT2D eigenvalue weighted by molar-refractivity contribution is 0.101. The summed E-state index contributed by atoms with van der Waals surface area (Å²) in [5.41, 5.74) is 1.21. The van der Waals surface area contributed by atoms with E-state index in [-0.39, 0.29) is 17.7 Å². The smallest absolute Gasteiger partial charge is 0.321 e. The lowest BCUT2D eigenvalue weighted by atomic mass is 9.97. The molecule has 1 aromatic heterocycles. The first-order valence-electron chi connectivity index (χ1n) is 8.00. The SMILES string of the molecule is CC(=O)c1cccc(NC(=O)N2CCC(c3nc(C)no3)CC2)c1. The average molecular weight is 328 g/mol. The van der Waals surface area contributed by atoms with Crippen molar-refractivity contribution in [2.75, 3.05) is 18.4 Å². The van der Waals surface area contributed by atoms with Crippen LogP contribution in [-0.2, 0) is 0 Å². The van der Waals surface area contributed by atoms with E-state index in [0.717, 1.165) is 12.8 Å². The van der Waals surface area contributed by atoms with Crippen LogP contribution >= 0.6 is 0 Å². The largest absolute Gasteiger partial charge is 0.339 e. The number of carbonyl (C=O) groups excluding carboxylic acids is 2. The quantitative estimate of drug-likeness (QED) is 0.875. The molecule has 1 aliphatic heterocycles. The second kappa shape index (κ2) is 6.82. The fourth-order valence-electron chi connectivity index (χ4n) is 2.83. The number of hydrogen-bond acceptors (Lipinski definition) is 5. The Balaban J connectivity index is 1.57. The molecule has 0 bridgehead atoms. The lowest BCUT2D eigenvalue weighted by Gasteiger charge is -2.30. The number of benzene rings is 1. The number of carbonyl (C=O) groups is 2. The number of rotatable bonds is 3. The van der Waals surface area contributed by atoms with Crippen molar-refractivity contribution in [2.45, 2.75) is 32.6 Å². The van der Waals surface area contributed by atoms with Crippen LogP contribution in [0.1, 0.15) is 47.8 Å². The van der Waals surface area contributed by atoms with Crippen LogP contribution in [0.25, 0.3) is 0 Å². The van der Waals surface area contributed by atoms with Crippen LogP contribution in [0.3, 0.4) is 0 Å². The molecule has 7 heteroatoms. The van der Waals surface area contributed by atoms with Crippen molar-refractivity contribution in [1.29, 1.82) is 0 Å². The molecule has 7 nitrogen and oxygen atoms in total. The maximum absolute atomic E-state index is 12.4. The molecular weight excluding hydrogens is 308 g/mol. The number of amides is 2. The molecule has 1 saturated heterocycles. The summed E-state index contributed by atoms with van der Waals surface area (Å²) in [6.45, 7) is 4.56. The Morgan fingerprint density at radius 2 is 2.04 bits per heavy atom. The van der Waals surface area contributed by atoms with Crippen LogP contribution in [0.15, 0.2) is 28.8 Å². The molecule has 126 valence electrons. The average Bonchev–Trinajstić information content (AvgIpc) is 3.01. The van der Waals surface area contributed by atoms with E-state index in [1.807, 2.05) is 0 Å². The minimum Gasteiger partial charge on any atom is -0.339 e. The number of anilines is 1. The number of piperidine rings is 1. The van der Waals surface area contributed by atoms with E-state index < -0.39 is 0 Å². The van der Waals surface area contributed by atoms with Gasteiger partial charge in [-0.15, -0.1) is 0 Å². The van der Waals surface area contributed by atoms with Gasteiger partial charge in [-0.1, -0.05) is 17.3 Å². The van der Waals surface area contributed by atoms with E-state index in [4.69, 9.17) is 4.52 Å². The van der Waals surface area contributed by atoms with Gasteiger partial charge < -0.3 is 14.7 Å². The molecule has 0 saturated carbocycles. The molecule has 0 radical (unpaired) electrons. The first kappa shape index (κ1) is 16.2. The molecular formula is C17H20N4O3. The minimum absolute atomic E-state index is 0.0261. The van der Waals surface area contributed by atoms with Gasteiger partial charge in [-0.05, 0) is 38.8 Å². The van der Waals surface area contributed by atoms with Gasteiger partial charge in [-0.3, -0.25) is 4.79 Å². The Labute approximate surface area is 140 Å². The number of nitrogens with zero attached hydrogens (tertiary/aromatic N) is 3. The predicted octanol–water partition coefficient (Wildman–Crippen LogP) is 2.99. The van der Waals surface area contributed by atoms with Crippen LogP contribution in [-0.4, -0.2) is 39.9 Å². The number of aromatic nitrogens is 2. The van der Waals surface area contributed by atoms with Crippen LogP contribution < -0.4 is 5.32 Å². The van der Waals surface area contributed by atoms with E-state index in [0.29, 0.717) is 36.1 Å². The Kier molecular flexibility index (Phi) is 4.59. The number of ketones is 1. The molecule has 2 aromatic rings. The fraction of sp³-hybridized carbons (Fsp3) is 0.412. The summed E-state index contributed by atoms with van der Waals surface area (Å²) in [5.74, 6) is 1.47. The van der Waals surface area contributed by atoms with Crippen LogP contribution in [0, 0.1) is 6.92 Å². The van der Waals surface area contributed by atoms with E-state index >= 15 is 0 Å². The zero-order chi connectivity index (χ0) is 17.1. The predicted molar refractivity (Wildman–Crippen MR) is 88.0 cm³/mol. The number of Topliss-reactive ketones (excluding diaryl/α,β-unsaturated/α-hetero) is 1. The van der Waals surface area contributed by atoms with Gasteiger partial charge in [-0.2, -0.15) is 4.98 Å². The summed E-state index contributed by atoms with van der Waals surface area (Å²) in [6.07, 6.45) is 1.59. The van der Waals surface area contributed by atoms with Gasteiger partial charge in [-0.25, -0.2) is 4.79 Å². The first-order chi connectivity index (χ1) is 11.5. The normalized spacial score (nSPS) is 15.3. The lowest BCUT2D eigenvalue weighted by Crippen LogP contribution is -2.40. The van der Waals surface area contributed by atoms with Crippen molar-refractivity contribution >= 4 is 17.5 Å². The van der Waals surface area contributed by atoms with Crippen molar-refractivity contribution < 1.29 is 14.1 Å². The highest BCUT2D eigenvalue weighted by Crippen LogP contribution is 2.27. The third-order valence-electron chi connectivity index (χ3n) is 4.20. The van der Waals surface area contributed by atoms with E-state index in [1.54, 1.807) is 36.1 Å². The number of likely N-dealkylation sites (tertiary alicyclic amines) is 1.